The molecule has 100 valence electrons. The zero-order valence-corrected chi connectivity index (χ0v) is 10.5. The van der Waals surface area contributed by atoms with Crippen LogP contribution in [0, 0.1) is 0 Å². The molecule has 0 aromatic rings. The van der Waals surface area contributed by atoms with Crippen molar-refractivity contribution in [3.8, 4) is 0 Å². The number of carbonyl (C=O) groups excluding carboxylic acids is 2. The van der Waals surface area contributed by atoms with E-state index in [1.54, 1.807) is 6.92 Å². The van der Waals surface area contributed by atoms with E-state index in [0.717, 1.165) is 19.3 Å². The van der Waals surface area contributed by atoms with Gasteiger partial charge in [-0.25, -0.2) is 4.79 Å². The summed E-state index contributed by atoms with van der Waals surface area (Å²) < 4.78 is 15.7. The first-order valence-corrected chi connectivity index (χ1v) is 6.24. The Labute approximate surface area is 106 Å². The van der Waals surface area contributed by atoms with Crippen LogP contribution in [0.15, 0.2) is 12.2 Å². The summed E-state index contributed by atoms with van der Waals surface area (Å²) in [4.78, 5) is 22.6. The average Bonchev–Trinajstić information content (AvgIpc) is 2.90. The predicted molar refractivity (Wildman–Crippen MR) is 62.8 cm³/mol. The van der Waals surface area contributed by atoms with Crippen LogP contribution in [0.5, 0.6) is 0 Å². The van der Waals surface area contributed by atoms with Crippen LogP contribution in [0.25, 0.3) is 0 Å². The minimum atomic E-state index is -0.481. The highest BCUT2D eigenvalue weighted by atomic mass is 16.6. The lowest BCUT2D eigenvalue weighted by molar-refractivity contribution is -0.154. The van der Waals surface area contributed by atoms with Crippen LogP contribution in [0.2, 0.25) is 0 Å². The Hall–Kier alpha value is -1.36. The van der Waals surface area contributed by atoms with Gasteiger partial charge in [-0.1, -0.05) is 6.58 Å². The average molecular weight is 254 g/mol. The highest BCUT2D eigenvalue weighted by Gasteiger charge is 2.42. The van der Waals surface area contributed by atoms with Crippen LogP contribution in [0.4, 0.5) is 0 Å². The zero-order valence-electron chi connectivity index (χ0n) is 10.5. The lowest BCUT2D eigenvalue weighted by atomic mass is 9.98. The number of hydrogen-bond donors (Lipinski definition) is 0. The van der Waals surface area contributed by atoms with Gasteiger partial charge in [-0.3, -0.25) is 4.79 Å². The molecule has 3 unspecified atom stereocenters. The van der Waals surface area contributed by atoms with Crippen LogP contribution < -0.4 is 0 Å². The Morgan fingerprint density at radius 1 is 1.39 bits per heavy atom. The molecule has 2 bridgehead atoms. The standard InChI is InChI=1S/C13H18O5/c1-8(2)13(15)16-6-5-12(14)18-11-7-9-3-4-10(11)17-9/h9-11H,1,3-7H2,2H3. The highest BCUT2D eigenvalue weighted by Crippen LogP contribution is 2.36. The molecule has 2 saturated heterocycles. The summed E-state index contributed by atoms with van der Waals surface area (Å²) >= 11 is 0. The molecule has 0 aliphatic carbocycles. The molecule has 2 aliphatic heterocycles. The van der Waals surface area contributed by atoms with Crippen molar-refractivity contribution in [3.05, 3.63) is 12.2 Å². The Morgan fingerprint density at radius 3 is 2.72 bits per heavy atom. The summed E-state index contributed by atoms with van der Waals surface area (Å²) in [7, 11) is 0. The molecule has 0 saturated carbocycles. The molecule has 0 aromatic carbocycles. The van der Waals surface area contributed by atoms with E-state index >= 15 is 0 Å². The fraction of sp³-hybridized carbons (Fsp3) is 0.692. The molecule has 5 heteroatoms. The van der Waals surface area contributed by atoms with Gasteiger partial charge in [0.1, 0.15) is 12.7 Å². The first-order valence-electron chi connectivity index (χ1n) is 6.24. The molecule has 2 heterocycles. The van der Waals surface area contributed by atoms with Crippen molar-refractivity contribution in [1.29, 1.82) is 0 Å². The summed E-state index contributed by atoms with van der Waals surface area (Å²) in [6, 6.07) is 0. The number of fused-ring (bicyclic) bond motifs is 2. The number of rotatable bonds is 5. The van der Waals surface area contributed by atoms with E-state index in [4.69, 9.17) is 14.2 Å². The molecule has 0 radical (unpaired) electrons. The van der Waals surface area contributed by atoms with Crippen molar-refractivity contribution in [2.24, 2.45) is 0 Å². The monoisotopic (exact) mass is 254 g/mol. The number of carbonyl (C=O) groups is 2. The van der Waals surface area contributed by atoms with Crippen LogP contribution >= 0.6 is 0 Å². The minimum Gasteiger partial charge on any atom is -0.462 e. The third-order valence-electron chi connectivity index (χ3n) is 3.22. The highest BCUT2D eigenvalue weighted by molar-refractivity contribution is 5.87. The van der Waals surface area contributed by atoms with E-state index in [1.807, 2.05) is 0 Å². The maximum atomic E-state index is 11.5. The lowest BCUT2D eigenvalue weighted by Crippen LogP contribution is -2.28. The summed E-state index contributed by atoms with van der Waals surface area (Å²) in [5.41, 5.74) is 0.324. The normalized spacial score (nSPS) is 29.1. The maximum absolute atomic E-state index is 11.5. The second kappa shape index (κ2) is 5.52. The summed E-state index contributed by atoms with van der Waals surface area (Å²) in [6.07, 6.45) is 3.11. The van der Waals surface area contributed by atoms with Gasteiger partial charge in [-0.15, -0.1) is 0 Å². The number of esters is 2. The fourth-order valence-corrected chi connectivity index (χ4v) is 2.29. The Morgan fingerprint density at radius 2 is 2.17 bits per heavy atom. The molecule has 2 rings (SSSR count). The summed E-state index contributed by atoms with van der Waals surface area (Å²) in [5, 5.41) is 0. The first kappa shape index (κ1) is 13.1. The Kier molecular flexibility index (Phi) is 4.01. The van der Waals surface area contributed by atoms with Gasteiger partial charge in [0.05, 0.1) is 18.6 Å². The predicted octanol–water partition coefficient (Wildman–Crippen LogP) is 1.36. The molecule has 0 N–H and O–H groups in total. The van der Waals surface area contributed by atoms with Crippen LogP contribution in [0.3, 0.4) is 0 Å². The van der Waals surface area contributed by atoms with Crippen LogP contribution in [-0.2, 0) is 23.8 Å². The van der Waals surface area contributed by atoms with E-state index < -0.39 is 5.97 Å². The number of hydrogen-bond acceptors (Lipinski definition) is 5. The van der Waals surface area contributed by atoms with E-state index in [9.17, 15) is 9.59 Å². The molecular weight excluding hydrogens is 236 g/mol. The second-order valence-corrected chi connectivity index (χ2v) is 4.80. The first-order chi connectivity index (χ1) is 8.56. The minimum absolute atomic E-state index is 0.0339. The molecule has 0 spiro atoms. The molecule has 2 aliphatic rings. The maximum Gasteiger partial charge on any atom is 0.333 e. The molecule has 5 nitrogen and oxygen atoms in total. The molecule has 18 heavy (non-hydrogen) atoms. The van der Waals surface area contributed by atoms with Crippen molar-refractivity contribution >= 4 is 11.9 Å². The topological polar surface area (TPSA) is 61.8 Å². The van der Waals surface area contributed by atoms with Gasteiger partial charge in [0.15, 0.2) is 0 Å². The van der Waals surface area contributed by atoms with Crippen molar-refractivity contribution in [1.82, 2.24) is 0 Å². The Bertz CT molecular complexity index is 362. The largest absolute Gasteiger partial charge is 0.462 e. The molecule has 0 amide bonds. The van der Waals surface area contributed by atoms with Gasteiger partial charge >= 0.3 is 11.9 Å². The van der Waals surface area contributed by atoms with Gasteiger partial charge in [0.25, 0.3) is 0 Å². The van der Waals surface area contributed by atoms with E-state index in [-0.39, 0.29) is 37.3 Å². The van der Waals surface area contributed by atoms with Gasteiger partial charge in [0, 0.05) is 12.0 Å². The van der Waals surface area contributed by atoms with Crippen LogP contribution in [-0.4, -0.2) is 36.9 Å². The van der Waals surface area contributed by atoms with Crippen molar-refractivity contribution in [3.63, 3.8) is 0 Å². The van der Waals surface area contributed by atoms with Crippen molar-refractivity contribution < 1.29 is 23.8 Å². The third-order valence-corrected chi connectivity index (χ3v) is 3.22. The van der Waals surface area contributed by atoms with E-state index in [1.165, 1.54) is 0 Å². The lowest BCUT2D eigenvalue weighted by Gasteiger charge is -2.18. The summed E-state index contributed by atoms with van der Waals surface area (Å²) in [6.45, 7) is 5.05. The van der Waals surface area contributed by atoms with Gasteiger partial charge in [-0.2, -0.15) is 0 Å². The van der Waals surface area contributed by atoms with E-state index in [2.05, 4.69) is 6.58 Å². The van der Waals surface area contributed by atoms with Gasteiger partial charge in [-0.05, 0) is 19.8 Å². The van der Waals surface area contributed by atoms with Crippen molar-refractivity contribution in [2.75, 3.05) is 6.61 Å². The van der Waals surface area contributed by atoms with Gasteiger partial charge < -0.3 is 14.2 Å². The fourth-order valence-electron chi connectivity index (χ4n) is 2.29. The number of ether oxygens (including phenoxy) is 3. The molecule has 3 atom stereocenters. The SMILES string of the molecule is C=C(C)C(=O)OCCC(=O)OC1CC2CCC1O2. The quantitative estimate of drug-likeness (QED) is 0.547. The van der Waals surface area contributed by atoms with Gasteiger partial charge in [0.2, 0.25) is 0 Å². The molecule has 2 fully saturated rings. The van der Waals surface area contributed by atoms with Crippen LogP contribution in [0.1, 0.15) is 32.6 Å². The second-order valence-electron chi connectivity index (χ2n) is 4.80. The van der Waals surface area contributed by atoms with Crippen molar-refractivity contribution in [2.45, 2.75) is 50.9 Å². The summed E-state index contributed by atoms with van der Waals surface area (Å²) in [5.74, 6) is -0.822. The Balaban J connectivity index is 1.64. The molecule has 0 aromatic heterocycles. The zero-order chi connectivity index (χ0) is 13.1. The molecular formula is C13H18O5. The van der Waals surface area contributed by atoms with E-state index in [0.29, 0.717) is 5.57 Å². The third kappa shape index (κ3) is 3.10. The smallest absolute Gasteiger partial charge is 0.333 e.